The molecule has 0 saturated heterocycles. The molecular formula is C16H14F3N3O. The first-order valence-electron chi connectivity index (χ1n) is 7.21. The van der Waals surface area contributed by atoms with Gasteiger partial charge in [0.15, 0.2) is 0 Å². The lowest BCUT2D eigenvalue weighted by Gasteiger charge is -2.31. The van der Waals surface area contributed by atoms with Crippen molar-refractivity contribution in [3.63, 3.8) is 0 Å². The van der Waals surface area contributed by atoms with Crippen molar-refractivity contribution in [2.75, 3.05) is 6.54 Å². The largest absolute Gasteiger partial charge is 0.310 e. The highest BCUT2D eigenvalue weighted by molar-refractivity contribution is 5.97. The Hall–Kier alpha value is -2.57. The van der Waals surface area contributed by atoms with Gasteiger partial charge in [-0.1, -0.05) is 0 Å². The molecule has 120 valence electrons. The summed E-state index contributed by atoms with van der Waals surface area (Å²) < 4.78 is 43.2. The number of carbonyl (C=O) groups excluding carboxylic acids is 1. The maximum absolute atomic E-state index is 14.3. The van der Waals surface area contributed by atoms with Crippen LogP contribution in [0.25, 0.3) is 11.4 Å². The van der Waals surface area contributed by atoms with E-state index in [0.29, 0.717) is 24.3 Å². The molecule has 0 aliphatic carbocycles. The summed E-state index contributed by atoms with van der Waals surface area (Å²) in [7, 11) is 0. The predicted molar refractivity (Wildman–Crippen MR) is 78.3 cm³/mol. The van der Waals surface area contributed by atoms with Gasteiger partial charge in [-0.15, -0.1) is 0 Å². The molecule has 0 bridgehead atoms. The van der Waals surface area contributed by atoms with E-state index in [1.807, 2.05) is 0 Å². The molecule has 0 fully saturated rings. The molecule has 2 aromatic rings. The molecule has 0 atom stereocenters. The second-order valence-corrected chi connectivity index (χ2v) is 5.13. The Morgan fingerprint density at radius 2 is 1.87 bits per heavy atom. The number of aromatic nitrogens is 2. The van der Waals surface area contributed by atoms with Gasteiger partial charge in [0.2, 0.25) is 5.91 Å². The van der Waals surface area contributed by atoms with E-state index in [9.17, 15) is 18.0 Å². The lowest BCUT2D eigenvalue weighted by Crippen LogP contribution is -2.34. The fourth-order valence-corrected chi connectivity index (χ4v) is 2.79. The maximum atomic E-state index is 14.3. The first-order chi connectivity index (χ1) is 11.0. The van der Waals surface area contributed by atoms with Crippen LogP contribution in [0.3, 0.4) is 0 Å². The number of nitrogens with zero attached hydrogens (tertiary/aromatic N) is 3. The van der Waals surface area contributed by atoms with Crippen molar-refractivity contribution < 1.29 is 18.0 Å². The van der Waals surface area contributed by atoms with Crippen molar-refractivity contribution in [3.8, 4) is 0 Å². The fraction of sp³-hybridized carbons (Fsp3) is 0.250. The molecule has 4 nitrogen and oxygen atoms in total. The van der Waals surface area contributed by atoms with Crippen LogP contribution in [0.4, 0.5) is 13.2 Å². The Morgan fingerprint density at radius 1 is 1.17 bits per heavy atom. The van der Waals surface area contributed by atoms with Crippen LogP contribution in [0.5, 0.6) is 0 Å². The quantitative estimate of drug-likeness (QED) is 0.870. The van der Waals surface area contributed by atoms with Gasteiger partial charge in [-0.2, -0.15) is 5.10 Å². The molecule has 23 heavy (non-hydrogen) atoms. The van der Waals surface area contributed by atoms with E-state index in [2.05, 4.69) is 5.10 Å². The average Bonchev–Trinajstić information content (AvgIpc) is 3.00. The van der Waals surface area contributed by atoms with Crippen LogP contribution in [-0.4, -0.2) is 27.1 Å². The monoisotopic (exact) mass is 321 g/mol. The van der Waals surface area contributed by atoms with E-state index in [1.54, 1.807) is 19.2 Å². The second kappa shape index (κ2) is 5.91. The fourth-order valence-electron chi connectivity index (χ4n) is 2.79. The van der Waals surface area contributed by atoms with Crippen molar-refractivity contribution in [1.82, 2.24) is 14.7 Å². The number of carbonyl (C=O) groups is 1. The molecular weight excluding hydrogens is 307 g/mol. The molecule has 1 aromatic heterocycles. The van der Waals surface area contributed by atoms with Crippen molar-refractivity contribution in [2.24, 2.45) is 0 Å². The first-order valence-corrected chi connectivity index (χ1v) is 7.21. The Balaban J connectivity index is 2.30. The lowest BCUT2D eigenvalue weighted by atomic mass is 10.00. The van der Waals surface area contributed by atoms with E-state index >= 15 is 0 Å². The van der Waals surface area contributed by atoms with Crippen molar-refractivity contribution in [1.29, 1.82) is 0 Å². The van der Waals surface area contributed by atoms with Gasteiger partial charge in [-0.3, -0.25) is 4.79 Å². The Kier molecular flexibility index (Phi) is 3.94. The van der Waals surface area contributed by atoms with E-state index in [-0.39, 0.29) is 24.6 Å². The number of allylic oxidation sites excluding steroid dienone is 1. The normalized spacial score (nSPS) is 15.5. The third-order valence-electron chi connectivity index (χ3n) is 3.76. The summed E-state index contributed by atoms with van der Waals surface area (Å²) in [4.78, 5) is 13.5. The van der Waals surface area contributed by atoms with Gasteiger partial charge in [0.25, 0.3) is 0 Å². The molecule has 1 aliphatic heterocycles. The lowest BCUT2D eigenvalue weighted by molar-refractivity contribution is -0.128. The minimum atomic E-state index is -1.05. The predicted octanol–water partition coefficient (Wildman–Crippen LogP) is 3.27. The minimum absolute atomic E-state index is 0.0995. The summed E-state index contributed by atoms with van der Waals surface area (Å²) in [5.41, 5.74) is 0.190. The maximum Gasteiger partial charge on any atom is 0.227 e. The summed E-state index contributed by atoms with van der Waals surface area (Å²) in [6.07, 6.45) is 3.69. The Bertz CT molecular complexity index is 761. The van der Waals surface area contributed by atoms with Crippen LogP contribution in [0.2, 0.25) is 0 Å². The van der Waals surface area contributed by atoms with Crippen LogP contribution in [0.15, 0.2) is 30.6 Å². The summed E-state index contributed by atoms with van der Waals surface area (Å²) in [5, 5.41) is 4.09. The number of hydrogen-bond donors (Lipinski definition) is 0. The summed E-state index contributed by atoms with van der Waals surface area (Å²) in [6.45, 7) is 1.96. The van der Waals surface area contributed by atoms with Gasteiger partial charge < -0.3 is 4.90 Å². The molecule has 0 spiro atoms. The number of rotatable bonds is 3. The van der Waals surface area contributed by atoms with Gasteiger partial charge in [-0.05, 0) is 13.0 Å². The molecule has 7 heteroatoms. The standard InChI is InChI=1S/C16H14F3N3O/c1-2-21-14(23)5-4-13(22-7-3-6-20-22)16(21)15-11(18)8-10(17)9-12(15)19/h3,6-9H,2,4-5H2,1H3. The van der Waals surface area contributed by atoms with E-state index < -0.39 is 23.0 Å². The summed E-state index contributed by atoms with van der Waals surface area (Å²) in [6, 6.07) is 2.90. The highest BCUT2D eigenvalue weighted by Gasteiger charge is 2.31. The molecule has 0 unspecified atom stereocenters. The van der Waals surface area contributed by atoms with Crippen LogP contribution >= 0.6 is 0 Å². The van der Waals surface area contributed by atoms with Crippen LogP contribution in [-0.2, 0) is 4.79 Å². The smallest absolute Gasteiger partial charge is 0.227 e. The van der Waals surface area contributed by atoms with E-state index in [4.69, 9.17) is 0 Å². The zero-order valence-corrected chi connectivity index (χ0v) is 12.4. The number of benzene rings is 1. The highest BCUT2D eigenvalue weighted by Crippen LogP contribution is 2.36. The topological polar surface area (TPSA) is 38.1 Å². The molecule has 1 amide bonds. The minimum Gasteiger partial charge on any atom is -0.310 e. The van der Waals surface area contributed by atoms with E-state index in [1.165, 1.54) is 15.8 Å². The molecule has 0 saturated carbocycles. The van der Waals surface area contributed by atoms with Gasteiger partial charge in [0.05, 0.1) is 17.0 Å². The Morgan fingerprint density at radius 3 is 2.43 bits per heavy atom. The van der Waals surface area contributed by atoms with E-state index in [0.717, 1.165) is 0 Å². The average molecular weight is 321 g/mol. The molecule has 2 heterocycles. The van der Waals surface area contributed by atoms with Gasteiger partial charge in [0, 0.05) is 43.9 Å². The Labute approximate surface area is 130 Å². The van der Waals surface area contributed by atoms with Gasteiger partial charge >= 0.3 is 0 Å². The highest BCUT2D eigenvalue weighted by atomic mass is 19.1. The molecule has 0 N–H and O–H groups in total. The molecule has 1 aliphatic rings. The third kappa shape index (κ3) is 2.62. The number of hydrogen-bond acceptors (Lipinski definition) is 2. The third-order valence-corrected chi connectivity index (χ3v) is 3.76. The van der Waals surface area contributed by atoms with Crippen molar-refractivity contribution >= 4 is 17.3 Å². The van der Waals surface area contributed by atoms with Crippen LogP contribution in [0.1, 0.15) is 25.3 Å². The summed E-state index contributed by atoms with van der Waals surface area (Å²) in [5.74, 6) is -3.33. The van der Waals surface area contributed by atoms with Crippen molar-refractivity contribution in [2.45, 2.75) is 19.8 Å². The first kappa shape index (κ1) is 15.3. The van der Waals surface area contributed by atoms with Crippen LogP contribution < -0.4 is 0 Å². The van der Waals surface area contributed by atoms with Gasteiger partial charge in [-0.25, -0.2) is 17.9 Å². The van der Waals surface area contributed by atoms with Crippen LogP contribution in [0, 0.1) is 17.5 Å². The molecule has 0 radical (unpaired) electrons. The van der Waals surface area contributed by atoms with Crippen molar-refractivity contribution in [3.05, 3.63) is 53.6 Å². The van der Waals surface area contributed by atoms with Gasteiger partial charge in [0.1, 0.15) is 17.5 Å². The summed E-state index contributed by atoms with van der Waals surface area (Å²) >= 11 is 0. The SMILES string of the molecule is CCN1C(=O)CCC(n2cccn2)=C1c1c(F)cc(F)cc1F. The number of halogens is 3. The second-order valence-electron chi connectivity index (χ2n) is 5.13. The number of amides is 1. The molecule has 3 rings (SSSR count). The zero-order valence-electron chi connectivity index (χ0n) is 12.4. The molecule has 1 aromatic carbocycles. The zero-order chi connectivity index (χ0) is 16.6.